The summed E-state index contributed by atoms with van der Waals surface area (Å²) in [5.41, 5.74) is 11.0. The Morgan fingerprint density at radius 2 is 1.93 bits per heavy atom. The SMILES string of the molecule is Cc1cccc(-c2ccsc2CN)c1C. The Balaban J connectivity index is 2.59. The highest BCUT2D eigenvalue weighted by molar-refractivity contribution is 7.10. The van der Waals surface area contributed by atoms with Crippen molar-refractivity contribution in [1.29, 1.82) is 0 Å². The molecule has 0 fully saturated rings. The molecule has 0 bridgehead atoms. The molecule has 0 amide bonds. The lowest BCUT2D eigenvalue weighted by molar-refractivity contribution is 1.11. The largest absolute Gasteiger partial charge is 0.326 e. The van der Waals surface area contributed by atoms with E-state index in [4.69, 9.17) is 5.73 Å². The second-order valence-electron chi connectivity index (χ2n) is 3.71. The number of aryl methyl sites for hydroxylation is 1. The van der Waals surface area contributed by atoms with Crippen LogP contribution in [0.1, 0.15) is 16.0 Å². The summed E-state index contributed by atoms with van der Waals surface area (Å²) in [7, 11) is 0. The highest BCUT2D eigenvalue weighted by Gasteiger charge is 2.08. The van der Waals surface area contributed by atoms with Crippen LogP contribution in [0.2, 0.25) is 0 Å². The quantitative estimate of drug-likeness (QED) is 0.818. The van der Waals surface area contributed by atoms with Gasteiger partial charge in [-0.25, -0.2) is 0 Å². The van der Waals surface area contributed by atoms with Crippen LogP contribution < -0.4 is 5.73 Å². The molecule has 2 rings (SSSR count). The van der Waals surface area contributed by atoms with Crippen LogP contribution in [-0.4, -0.2) is 0 Å². The summed E-state index contributed by atoms with van der Waals surface area (Å²) in [4.78, 5) is 1.27. The summed E-state index contributed by atoms with van der Waals surface area (Å²) < 4.78 is 0. The summed E-state index contributed by atoms with van der Waals surface area (Å²) in [6, 6.07) is 8.58. The van der Waals surface area contributed by atoms with E-state index < -0.39 is 0 Å². The molecule has 0 spiro atoms. The third kappa shape index (κ3) is 1.83. The van der Waals surface area contributed by atoms with Gasteiger partial charge in [0.15, 0.2) is 0 Å². The van der Waals surface area contributed by atoms with E-state index in [0.29, 0.717) is 6.54 Å². The van der Waals surface area contributed by atoms with Crippen molar-refractivity contribution in [2.24, 2.45) is 5.73 Å². The number of nitrogens with two attached hydrogens (primary N) is 1. The molecule has 1 aromatic heterocycles. The number of hydrogen-bond donors (Lipinski definition) is 1. The average molecular weight is 217 g/mol. The summed E-state index contributed by atoms with van der Waals surface area (Å²) in [5, 5.41) is 2.11. The van der Waals surface area contributed by atoms with E-state index in [1.807, 2.05) is 0 Å². The van der Waals surface area contributed by atoms with Gasteiger partial charge in [-0.2, -0.15) is 0 Å². The van der Waals surface area contributed by atoms with Gasteiger partial charge in [-0.15, -0.1) is 11.3 Å². The van der Waals surface area contributed by atoms with Gasteiger partial charge in [-0.1, -0.05) is 18.2 Å². The molecule has 78 valence electrons. The van der Waals surface area contributed by atoms with Crippen molar-refractivity contribution >= 4 is 11.3 Å². The predicted octanol–water partition coefficient (Wildman–Crippen LogP) is 3.49. The molecule has 15 heavy (non-hydrogen) atoms. The topological polar surface area (TPSA) is 26.0 Å². The van der Waals surface area contributed by atoms with E-state index in [1.54, 1.807) is 11.3 Å². The van der Waals surface area contributed by atoms with Crippen LogP contribution in [0.25, 0.3) is 11.1 Å². The molecule has 0 aliphatic carbocycles. The second kappa shape index (κ2) is 4.17. The van der Waals surface area contributed by atoms with Crippen molar-refractivity contribution in [3.05, 3.63) is 45.6 Å². The van der Waals surface area contributed by atoms with Crippen LogP contribution in [0.3, 0.4) is 0 Å². The van der Waals surface area contributed by atoms with Gasteiger partial charge in [-0.3, -0.25) is 0 Å². The van der Waals surface area contributed by atoms with E-state index in [0.717, 1.165) is 0 Å². The molecule has 1 nitrogen and oxygen atoms in total. The van der Waals surface area contributed by atoms with E-state index in [2.05, 4.69) is 43.5 Å². The van der Waals surface area contributed by atoms with Gasteiger partial charge in [0.1, 0.15) is 0 Å². The zero-order valence-electron chi connectivity index (χ0n) is 9.08. The minimum Gasteiger partial charge on any atom is -0.326 e. The zero-order chi connectivity index (χ0) is 10.8. The van der Waals surface area contributed by atoms with Gasteiger partial charge < -0.3 is 5.73 Å². The van der Waals surface area contributed by atoms with Gasteiger partial charge in [0.25, 0.3) is 0 Å². The Hall–Kier alpha value is -1.12. The van der Waals surface area contributed by atoms with Crippen molar-refractivity contribution in [3.8, 4) is 11.1 Å². The zero-order valence-corrected chi connectivity index (χ0v) is 9.90. The van der Waals surface area contributed by atoms with Crippen molar-refractivity contribution in [1.82, 2.24) is 0 Å². The van der Waals surface area contributed by atoms with Crippen LogP contribution in [-0.2, 0) is 6.54 Å². The van der Waals surface area contributed by atoms with E-state index in [1.165, 1.54) is 27.1 Å². The summed E-state index contributed by atoms with van der Waals surface area (Å²) in [6.45, 7) is 4.94. The fourth-order valence-corrected chi connectivity index (χ4v) is 2.55. The number of thiophene rings is 1. The fraction of sp³-hybridized carbons (Fsp3) is 0.231. The average Bonchev–Trinajstić information content (AvgIpc) is 2.70. The minimum absolute atomic E-state index is 0.625. The Kier molecular flexibility index (Phi) is 2.89. The fourth-order valence-electron chi connectivity index (χ4n) is 1.78. The first-order valence-electron chi connectivity index (χ1n) is 5.07. The van der Waals surface area contributed by atoms with Crippen LogP contribution in [0.5, 0.6) is 0 Å². The van der Waals surface area contributed by atoms with Crippen molar-refractivity contribution in [2.45, 2.75) is 20.4 Å². The monoisotopic (exact) mass is 217 g/mol. The van der Waals surface area contributed by atoms with Crippen LogP contribution in [0.15, 0.2) is 29.6 Å². The highest BCUT2D eigenvalue weighted by atomic mass is 32.1. The molecule has 2 heteroatoms. The summed E-state index contributed by atoms with van der Waals surface area (Å²) >= 11 is 1.73. The first-order chi connectivity index (χ1) is 7.24. The van der Waals surface area contributed by atoms with E-state index in [-0.39, 0.29) is 0 Å². The first-order valence-corrected chi connectivity index (χ1v) is 5.95. The molecule has 0 unspecified atom stereocenters. The van der Waals surface area contributed by atoms with Crippen molar-refractivity contribution < 1.29 is 0 Å². The number of benzene rings is 1. The molecular formula is C13H15NS. The number of rotatable bonds is 2. The van der Waals surface area contributed by atoms with E-state index in [9.17, 15) is 0 Å². The van der Waals surface area contributed by atoms with Gasteiger partial charge in [0, 0.05) is 11.4 Å². The molecule has 0 aliphatic heterocycles. The van der Waals surface area contributed by atoms with Crippen molar-refractivity contribution in [2.75, 3.05) is 0 Å². The van der Waals surface area contributed by atoms with Crippen LogP contribution in [0, 0.1) is 13.8 Å². The third-order valence-electron chi connectivity index (χ3n) is 2.83. The Morgan fingerprint density at radius 1 is 1.13 bits per heavy atom. The summed E-state index contributed by atoms with van der Waals surface area (Å²) in [5.74, 6) is 0. The third-order valence-corrected chi connectivity index (χ3v) is 3.77. The molecule has 0 radical (unpaired) electrons. The maximum absolute atomic E-state index is 5.73. The maximum Gasteiger partial charge on any atom is 0.0280 e. The van der Waals surface area contributed by atoms with Gasteiger partial charge >= 0.3 is 0 Å². The Labute approximate surface area is 94.6 Å². The molecule has 0 atom stereocenters. The Morgan fingerprint density at radius 3 is 2.67 bits per heavy atom. The lowest BCUT2D eigenvalue weighted by atomic mass is 9.97. The molecule has 2 N–H and O–H groups in total. The van der Waals surface area contributed by atoms with E-state index >= 15 is 0 Å². The van der Waals surface area contributed by atoms with Crippen LogP contribution in [0.4, 0.5) is 0 Å². The van der Waals surface area contributed by atoms with Gasteiger partial charge in [-0.05, 0) is 47.5 Å². The predicted molar refractivity (Wildman–Crippen MR) is 67.1 cm³/mol. The normalized spacial score (nSPS) is 10.6. The molecule has 0 saturated heterocycles. The lowest BCUT2D eigenvalue weighted by Crippen LogP contribution is -1.96. The Bertz CT molecular complexity index is 471. The van der Waals surface area contributed by atoms with Gasteiger partial charge in [0.05, 0.1) is 0 Å². The minimum atomic E-state index is 0.625. The molecule has 0 aliphatic rings. The molecule has 1 heterocycles. The lowest BCUT2D eigenvalue weighted by Gasteiger charge is -2.08. The maximum atomic E-state index is 5.73. The molecular weight excluding hydrogens is 202 g/mol. The highest BCUT2D eigenvalue weighted by Crippen LogP contribution is 2.31. The van der Waals surface area contributed by atoms with Gasteiger partial charge in [0.2, 0.25) is 0 Å². The second-order valence-corrected chi connectivity index (χ2v) is 4.71. The standard InChI is InChI=1S/C13H15NS/c1-9-4-3-5-11(10(9)2)12-6-7-15-13(12)8-14/h3-7H,8,14H2,1-2H3. The number of hydrogen-bond acceptors (Lipinski definition) is 2. The molecule has 1 aromatic carbocycles. The molecule has 2 aromatic rings. The van der Waals surface area contributed by atoms with Crippen LogP contribution >= 0.6 is 11.3 Å². The first kappa shape index (κ1) is 10.4. The van der Waals surface area contributed by atoms with Crippen molar-refractivity contribution in [3.63, 3.8) is 0 Å². The molecule has 0 saturated carbocycles. The summed E-state index contributed by atoms with van der Waals surface area (Å²) in [6.07, 6.45) is 0. The smallest absolute Gasteiger partial charge is 0.0280 e.